The number of Topliss-reactive ketones (excluding diaryl/α,β-unsaturated/α-hetero) is 1. The second-order valence-corrected chi connectivity index (χ2v) is 10.2. The van der Waals surface area contributed by atoms with Crippen LogP contribution in [-0.4, -0.2) is 49.2 Å². The number of benzene rings is 3. The molecule has 1 N–H and O–H groups in total. The molecule has 0 atom stereocenters. The first-order valence-electron chi connectivity index (χ1n) is 12.9. The molecule has 37 heavy (non-hydrogen) atoms. The monoisotopic (exact) mass is 499 g/mol. The van der Waals surface area contributed by atoms with Crippen molar-refractivity contribution >= 4 is 11.7 Å². The lowest BCUT2D eigenvalue weighted by atomic mass is 9.86. The second kappa shape index (κ2) is 10.4. The van der Waals surface area contributed by atoms with Crippen LogP contribution in [0.1, 0.15) is 52.7 Å². The molecule has 0 saturated heterocycles. The highest BCUT2D eigenvalue weighted by molar-refractivity contribution is 5.95. The molecule has 0 aromatic heterocycles. The summed E-state index contributed by atoms with van der Waals surface area (Å²) in [7, 11) is 3.48. The summed E-state index contributed by atoms with van der Waals surface area (Å²) in [5.74, 6) is 1.62. The Kier molecular flexibility index (Phi) is 7.02. The third kappa shape index (κ3) is 5.12. The molecular formula is C31H33NO5. The molecule has 2 aliphatic rings. The quantitative estimate of drug-likeness (QED) is 0.400. The van der Waals surface area contributed by atoms with Gasteiger partial charge in [0.25, 0.3) is 5.91 Å². The molecule has 6 nitrogen and oxygen atoms in total. The number of ether oxygens (including phenoxy) is 2. The van der Waals surface area contributed by atoms with Gasteiger partial charge in [0.2, 0.25) is 6.79 Å². The fourth-order valence-electron chi connectivity index (χ4n) is 5.10. The molecule has 1 amide bonds. The molecule has 6 heteroatoms. The predicted octanol–water partition coefficient (Wildman–Crippen LogP) is 4.94. The van der Waals surface area contributed by atoms with Crippen LogP contribution < -0.4 is 9.47 Å². The zero-order valence-electron chi connectivity index (χ0n) is 21.5. The van der Waals surface area contributed by atoms with Crippen LogP contribution in [0.3, 0.4) is 0 Å². The van der Waals surface area contributed by atoms with Gasteiger partial charge >= 0.3 is 0 Å². The molecule has 0 radical (unpaired) electrons. The minimum Gasteiger partial charge on any atom is -0.454 e. The van der Waals surface area contributed by atoms with E-state index in [0.717, 1.165) is 60.1 Å². The highest BCUT2D eigenvalue weighted by Gasteiger charge is 2.50. The molecule has 1 fully saturated rings. The van der Waals surface area contributed by atoms with E-state index in [-0.39, 0.29) is 25.1 Å². The van der Waals surface area contributed by atoms with Crippen LogP contribution in [0.4, 0.5) is 0 Å². The van der Waals surface area contributed by atoms with Gasteiger partial charge in [0.1, 0.15) is 5.78 Å². The number of carbonyl (C=O) groups excluding carboxylic acids is 2. The molecule has 1 saturated carbocycles. The van der Waals surface area contributed by atoms with Gasteiger partial charge in [-0.3, -0.25) is 9.59 Å². The van der Waals surface area contributed by atoms with Crippen LogP contribution in [-0.2, 0) is 23.1 Å². The zero-order chi connectivity index (χ0) is 26.0. The number of aliphatic hydroxyl groups is 1. The molecular weight excluding hydrogens is 466 g/mol. The van der Waals surface area contributed by atoms with Crippen molar-refractivity contribution in [1.29, 1.82) is 0 Å². The number of aryl methyl sites for hydroxylation is 1. The highest BCUT2D eigenvalue weighted by atomic mass is 16.7. The van der Waals surface area contributed by atoms with E-state index in [1.54, 1.807) is 19.0 Å². The first-order valence-corrected chi connectivity index (χ1v) is 12.9. The smallest absolute Gasteiger partial charge is 0.253 e. The van der Waals surface area contributed by atoms with Gasteiger partial charge in [0.15, 0.2) is 11.5 Å². The van der Waals surface area contributed by atoms with Crippen LogP contribution in [0.5, 0.6) is 11.5 Å². The van der Waals surface area contributed by atoms with Gasteiger partial charge in [-0.15, -0.1) is 0 Å². The van der Waals surface area contributed by atoms with Crippen LogP contribution >= 0.6 is 0 Å². The van der Waals surface area contributed by atoms with Gasteiger partial charge in [0, 0.05) is 32.7 Å². The minimum absolute atomic E-state index is 0.0349. The Bertz CT molecular complexity index is 1310. The van der Waals surface area contributed by atoms with Crippen molar-refractivity contribution in [3.63, 3.8) is 0 Å². The van der Waals surface area contributed by atoms with E-state index in [0.29, 0.717) is 17.7 Å². The molecule has 0 bridgehead atoms. The normalized spacial score (nSPS) is 14.9. The topological polar surface area (TPSA) is 76.1 Å². The molecule has 3 aromatic rings. The van der Waals surface area contributed by atoms with Crippen molar-refractivity contribution in [2.24, 2.45) is 0 Å². The lowest BCUT2D eigenvalue weighted by molar-refractivity contribution is -0.120. The Morgan fingerprint density at radius 1 is 0.919 bits per heavy atom. The number of hydrogen-bond donors (Lipinski definition) is 1. The number of nitrogens with zero attached hydrogens (tertiary/aromatic N) is 1. The number of fused-ring (bicyclic) bond motifs is 1. The average molecular weight is 500 g/mol. The maximum absolute atomic E-state index is 13.6. The van der Waals surface area contributed by atoms with Crippen molar-refractivity contribution in [3.8, 4) is 22.6 Å². The molecule has 192 valence electrons. The number of aliphatic hydroxyl groups excluding tert-OH is 1. The van der Waals surface area contributed by atoms with E-state index in [2.05, 4.69) is 18.2 Å². The van der Waals surface area contributed by atoms with Gasteiger partial charge in [-0.25, -0.2) is 0 Å². The second-order valence-electron chi connectivity index (χ2n) is 10.2. The van der Waals surface area contributed by atoms with Crippen LogP contribution in [0.2, 0.25) is 0 Å². The molecule has 3 aromatic carbocycles. The largest absolute Gasteiger partial charge is 0.454 e. The average Bonchev–Trinajstić information content (AvgIpc) is 3.59. The summed E-state index contributed by atoms with van der Waals surface area (Å²) in [4.78, 5) is 27.5. The first kappa shape index (κ1) is 25.0. The fourth-order valence-corrected chi connectivity index (χ4v) is 5.10. The van der Waals surface area contributed by atoms with Crippen molar-refractivity contribution in [2.45, 2.75) is 43.9 Å². The molecule has 0 spiro atoms. The summed E-state index contributed by atoms with van der Waals surface area (Å²) in [6.07, 6.45) is 4.51. The molecule has 1 aliphatic carbocycles. The van der Waals surface area contributed by atoms with E-state index in [1.807, 2.05) is 42.5 Å². The van der Waals surface area contributed by atoms with Gasteiger partial charge in [-0.05, 0) is 84.2 Å². The SMILES string of the molecule is CN(C)C(=O)c1ccc(-c2cc(CC(=O)C3(c4ccc5c(c4)OCO5)CC3)ccc2CCCCO)cc1. The van der Waals surface area contributed by atoms with Crippen molar-refractivity contribution in [1.82, 2.24) is 4.90 Å². The predicted molar refractivity (Wildman–Crippen MR) is 142 cm³/mol. The lowest BCUT2D eigenvalue weighted by Crippen LogP contribution is -2.22. The van der Waals surface area contributed by atoms with Crippen molar-refractivity contribution in [2.75, 3.05) is 27.5 Å². The Balaban J connectivity index is 1.40. The third-order valence-electron chi connectivity index (χ3n) is 7.45. The number of amides is 1. The summed E-state index contributed by atoms with van der Waals surface area (Å²) >= 11 is 0. The number of carbonyl (C=O) groups is 2. The standard InChI is InChI=1S/C31H33NO5/c1-32(2)30(35)24-10-8-23(9-11-24)26-17-21(6-7-22(26)5-3-4-16-33)18-29(34)31(14-15-31)25-12-13-27-28(19-25)37-20-36-27/h6-13,17,19,33H,3-5,14-16,18,20H2,1-2H3. The molecule has 0 unspecified atom stereocenters. The summed E-state index contributed by atoms with van der Waals surface area (Å²) in [6, 6.07) is 19.8. The summed E-state index contributed by atoms with van der Waals surface area (Å²) in [6.45, 7) is 0.392. The van der Waals surface area contributed by atoms with E-state index in [4.69, 9.17) is 9.47 Å². The molecule has 5 rings (SSSR count). The maximum Gasteiger partial charge on any atom is 0.253 e. The van der Waals surface area contributed by atoms with Crippen LogP contribution in [0.15, 0.2) is 60.7 Å². The molecule has 1 heterocycles. The number of hydrogen-bond acceptors (Lipinski definition) is 5. The van der Waals surface area contributed by atoms with Crippen molar-refractivity contribution < 1.29 is 24.2 Å². The Hall–Kier alpha value is -3.64. The van der Waals surface area contributed by atoms with Gasteiger partial charge in [-0.1, -0.05) is 36.4 Å². The van der Waals surface area contributed by atoms with Crippen LogP contribution in [0, 0.1) is 0 Å². The Labute approximate surface area is 217 Å². The van der Waals surface area contributed by atoms with E-state index in [9.17, 15) is 14.7 Å². The van der Waals surface area contributed by atoms with Crippen LogP contribution in [0.25, 0.3) is 11.1 Å². The fraction of sp³-hybridized carbons (Fsp3) is 0.355. The van der Waals surface area contributed by atoms with Gasteiger partial charge in [-0.2, -0.15) is 0 Å². The Morgan fingerprint density at radius 2 is 1.68 bits per heavy atom. The number of ketones is 1. The van der Waals surface area contributed by atoms with Gasteiger partial charge < -0.3 is 19.5 Å². The molecule has 1 aliphatic heterocycles. The number of unbranched alkanes of at least 4 members (excludes halogenated alkanes) is 1. The maximum atomic E-state index is 13.6. The van der Waals surface area contributed by atoms with Crippen molar-refractivity contribution in [3.05, 3.63) is 82.9 Å². The van der Waals surface area contributed by atoms with E-state index >= 15 is 0 Å². The van der Waals surface area contributed by atoms with E-state index in [1.165, 1.54) is 5.56 Å². The highest BCUT2D eigenvalue weighted by Crippen LogP contribution is 2.51. The summed E-state index contributed by atoms with van der Waals surface area (Å²) < 4.78 is 11.0. The van der Waals surface area contributed by atoms with E-state index < -0.39 is 5.41 Å². The summed E-state index contributed by atoms with van der Waals surface area (Å²) in [5, 5.41) is 9.24. The van der Waals surface area contributed by atoms with Gasteiger partial charge in [0.05, 0.1) is 5.41 Å². The Morgan fingerprint density at radius 3 is 2.38 bits per heavy atom. The minimum atomic E-state index is -0.449. The first-order chi connectivity index (χ1) is 17.9. The third-order valence-corrected chi connectivity index (χ3v) is 7.45. The lowest BCUT2D eigenvalue weighted by Gasteiger charge is -2.17. The summed E-state index contributed by atoms with van der Waals surface area (Å²) in [5.41, 5.74) is 5.43. The number of rotatable bonds is 10. The zero-order valence-corrected chi connectivity index (χ0v) is 21.5.